The quantitative estimate of drug-likeness (QED) is 0.371. The van der Waals surface area contributed by atoms with Gasteiger partial charge in [-0.2, -0.15) is 0 Å². The van der Waals surface area contributed by atoms with Crippen molar-refractivity contribution in [2.45, 2.75) is 44.5 Å². The molecule has 0 bridgehead atoms. The van der Waals surface area contributed by atoms with Crippen molar-refractivity contribution in [3.05, 3.63) is 47.6 Å². The summed E-state index contributed by atoms with van der Waals surface area (Å²) in [7, 11) is 0. The molecular formula is C20H26O7. The predicted octanol–water partition coefficient (Wildman–Crippen LogP) is 0.954. The Kier molecular flexibility index (Phi) is 7.12. The van der Waals surface area contributed by atoms with Gasteiger partial charge in [0.2, 0.25) is 0 Å². The monoisotopic (exact) mass is 378 g/mol. The van der Waals surface area contributed by atoms with E-state index in [1.807, 2.05) is 13.0 Å². The third-order valence-corrected chi connectivity index (χ3v) is 4.84. The summed E-state index contributed by atoms with van der Waals surface area (Å²) < 4.78 is 10.9. The lowest BCUT2D eigenvalue weighted by Crippen LogP contribution is -2.35. The fourth-order valence-electron chi connectivity index (χ4n) is 3.23. The molecule has 0 spiro atoms. The molecule has 7 heteroatoms. The molecule has 0 saturated carbocycles. The molecule has 1 aliphatic carbocycles. The summed E-state index contributed by atoms with van der Waals surface area (Å²) in [4.78, 5) is 24.4. The maximum Gasteiger partial charge on any atom is 0.336 e. The lowest BCUT2D eigenvalue weighted by molar-refractivity contribution is -0.148. The normalized spacial score (nSPS) is 27.0. The maximum absolute atomic E-state index is 12.3. The number of aliphatic hydroxyl groups is 3. The minimum absolute atomic E-state index is 0.163. The fraction of sp³-hybridized carbons (Fsp3) is 0.500. The highest BCUT2D eigenvalue weighted by atomic mass is 16.6. The first-order valence-electron chi connectivity index (χ1n) is 8.83. The van der Waals surface area contributed by atoms with Crippen molar-refractivity contribution in [1.29, 1.82) is 0 Å². The number of aliphatic hydroxyl groups excluding tert-OH is 3. The Hall–Kier alpha value is -2.22. The molecule has 2 rings (SSSR count). The largest absolute Gasteiger partial charge is 0.458 e. The molecule has 1 heterocycles. The Morgan fingerprint density at radius 1 is 1.44 bits per heavy atom. The Bertz CT molecular complexity index is 688. The van der Waals surface area contributed by atoms with E-state index in [2.05, 4.69) is 13.2 Å². The predicted molar refractivity (Wildman–Crippen MR) is 97.4 cm³/mol. The maximum atomic E-state index is 12.3. The van der Waals surface area contributed by atoms with Crippen molar-refractivity contribution in [3.8, 4) is 0 Å². The van der Waals surface area contributed by atoms with Crippen molar-refractivity contribution in [1.82, 2.24) is 0 Å². The molecule has 3 N–H and O–H groups in total. The van der Waals surface area contributed by atoms with Gasteiger partial charge in [-0.25, -0.2) is 9.59 Å². The van der Waals surface area contributed by atoms with E-state index in [-0.39, 0.29) is 17.8 Å². The highest BCUT2D eigenvalue weighted by molar-refractivity contribution is 5.92. The van der Waals surface area contributed by atoms with E-state index < -0.39 is 42.8 Å². The molecule has 2 aliphatic rings. The van der Waals surface area contributed by atoms with Gasteiger partial charge in [-0.05, 0) is 31.4 Å². The molecule has 0 aromatic carbocycles. The topological polar surface area (TPSA) is 113 Å². The molecule has 7 nitrogen and oxygen atoms in total. The smallest absolute Gasteiger partial charge is 0.336 e. The number of ether oxygens (including phenoxy) is 2. The zero-order chi connectivity index (χ0) is 20.1. The zero-order valence-electron chi connectivity index (χ0n) is 15.4. The molecule has 0 amide bonds. The summed E-state index contributed by atoms with van der Waals surface area (Å²) in [5, 5.41) is 28.2. The number of carbonyl (C=O) groups excluding carboxylic acids is 2. The Labute approximate surface area is 158 Å². The second-order valence-electron chi connectivity index (χ2n) is 6.86. The van der Waals surface area contributed by atoms with Gasteiger partial charge in [0.15, 0.2) is 0 Å². The molecule has 4 atom stereocenters. The van der Waals surface area contributed by atoms with Crippen LogP contribution in [0.1, 0.15) is 26.2 Å². The van der Waals surface area contributed by atoms with Crippen molar-refractivity contribution in [2.24, 2.45) is 5.92 Å². The first kappa shape index (κ1) is 21.1. The lowest BCUT2D eigenvalue weighted by Gasteiger charge is -2.28. The number of hydrogen-bond acceptors (Lipinski definition) is 7. The first-order chi connectivity index (χ1) is 12.8. The van der Waals surface area contributed by atoms with E-state index >= 15 is 0 Å². The minimum Gasteiger partial charge on any atom is -0.458 e. The number of hydrogen-bond donors (Lipinski definition) is 3. The Morgan fingerprint density at radius 2 is 2.15 bits per heavy atom. The van der Waals surface area contributed by atoms with Crippen LogP contribution in [0.3, 0.4) is 0 Å². The van der Waals surface area contributed by atoms with Crippen LogP contribution in [-0.4, -0.2) is 58.8 Å². The van der Waals surface area contributed by atoms with Gasteiger partial charge in [0.1, 0.15) is 18.3 Å². The van der Waals surface area contributed by atoms with Gasteiger partial charge in [0.25, 0.3) is 0 Å². The molecule has 1 aliphatic heterocycles. The molecule has 148 valence electrons. The number of rotatable bonds is 5. The summed E-state index contributed by atoms with van der Waals surface area (Å²) in [6.07, 6.45) is 2.46. The molecule has 0 aromatic rings. The van der Waals surface area contributed by atoms with Crippen molar-refractivity contribution < 1.29 is 34.4 Å². The second kappa shape index (κ2) is 9.12. The number of esters is 2. The van der Waals surface area contributed by atoms with Gasteiger partial charge < -0.3 is 24.8 Å². The van der Waals surface area contributed by atoms with Crippen molar-refractivity contribution in [3.63, 3.8) is 0 Å². The third-order valence-electron chi connectivity index (χ3n) is 4.84. The molecular weight excluding hydrogens is 352 g/mol. The van der Waals surface area contributed by atoms with Gasteiger partial charge in [-0.15, -0.1) is 0 Å². The van der Waals surface area contributed by atoms with Crippen LogP contribution in [-0.2, 0) is 19.1 Å². The average Bonchev–Trinajstić information content (AvgIpc) is 2.92. The van der Waals surface area contributed by atoms with E-state index in [4.69, 9.17) is 14.6 Å². The van der Waals surface area contributed by atoms with Gasteiger partial charge in [0.05, 0.1) is 24.7 Å². The molecule has 0 aromatic heterocycles. The van der Waals surface area contributed by atoms with E-state index in [1.54, 1.807) is 6.08 Å². The highest BCUT2D eigenvalue weighted by Crippen LogP contribution is 2.36. The highest BCUT2D eigenvalue weighted by Gasteiger charge is 2.44. The van der Waals surface area contributed by atoms with Crippen molar-refractivity contribution >= 4 is 11.9 Å². The van der Waals surface area contributed by atoms with Crippen LogP contribution >= 0.6 is 0 Å². The third kappa shape index (κ3) is 4.94. The lowest BCUT2D eigenvalue weighted by atomic mass is 9.85. The van der Waals surface area contributed by atoms with E-state index in [0.29, 0.717) is 19.3 Å². The summed E-state index contributed by atoms with van der Waals surface area (Å²) >= 11 is 0. The number of carbonyl (C=O) groups is 2. The van der Waals surface area contributed by atoms with Gasteiger partial charge in [0, 0.05) is 12.0 Å². The average molecular weight is 378 g/mol. The van der Waals surface area contributed by atoms with Crippen LogP contribution in [0, 0.1) is 5.92 Å². The molecule has 0 radical (unpaired) electrons. The van der Waals surface area contributed by atoms with Crippen LogP contribution in [0.4, 0.5) is 0 Å². The molecule has 1 fully saturated rings. The van der Waals surface area contributed by atoms with Crippen LogP contribution in [0.25, 0.3) is 0 Å². The SMILES string of the molecule is C=C1C(=O)O[C@@H]2C=C(CO)CCC=C(C)C[C@H](OC(=O)C(=C)[C@H](O)CO)[C@@H]12. The van der Waals surface area contributed by atoms with Crippen LogP contribution in [0.2, 0.25) is 0 Å². The molecule has 0 unspecified atom stereocenters. The molecule has 1 saturated heterocycles. The minimum atomic E-state index is -1.42. The first-order valence-corrected chi connectivity index (χ1v) is 8.83. The second-order valence-corrected chi connectivity index (χ2v) is 6.86. The fourth-order valence-corrected chi connectivity index (χ4v) is 3.23. The summed E-state index contributed by atoms with van der Waals surface area (Å²) in [5.74, 6) is -2.05. The van der Waals surface area contributed by atoms with Crippen LogP contribution < -0.4 is 0 Å². The Balaban J connectivity index is 2.36. The standard InChI is InChI=1S/C20H26O7/c1-11-5-4-6-14(9-21)8-17-18(13(3)20(25)27-17)16(7-11)26-19(24)12(2)15(23)10-22/h5,8,15-18,21-23H,2-4,6-7,9-10H2,1H3/t15-,16+,17-,18-/m1/s1. The van der Waals surface area contributed by atoms with Gasteiger partial charge in [-0.1, -0.05) is 24.8 Å². The van der Waals surface area contributed by atoms with E-state index in [1.165, 1.54) is 0 Å². The molecule has 27 heavy (non-hydrogen) atoms. The van der Waals surface area contributed by atoms with Gasteiger partial charge in [-0.3, -0.25) is 0 Å². The van der Waals surface area contributed by atoms with Crippen molar-refractivity contribution in [2.75, 3.05) is 13.2 Å². The number of fused-ring (bicyclic) bond motifs is 1. The van der Waals surface area contributed by atoms with Crippen LogP contribution in [0.5, 0.6) is 0 Å². The summed E-state index contributed by atoms with van der Waals surface area (Å²) in [5.41, 5.74) is 1.60. The number of allylic oxidation sites excluding steroid dienone is 1. The van der Waals surface area contributed by atoms with Gasteiger partial charge >= 0.3 is 11.9 Å². The summed E-state index contributed by atoms with van der Waals surface area (Å²) in [6, 6.07) is 0. The van der Waals surface area contributed by atoms with E-state index in [0.717, 1.165) is 11.1 Å². The van der Waals surface area contributed by atoms with Crippen LogP contribution in [0.15, 0.2) is 47.6 Å². The zero-order valence-corrected chi connectivity index (χ0v) is 15.4. The Morgan fingerprint density at radius 3 is 2.78 bits per heavy atom. The van der Waals surface area contributed by atoms with E-state index in [9.17, 15) is 19.8 Å². The summed E-state index contributed by atoms with van der Waals surface area (Å²) in [6.45, 7) is 8.32.